The number of ether oxygens (including phenoxy) is 2. The number of hydrogen-bond donors (Lipinski definition) is 1. The molecule has 1 aliphatic heterocycles. The SMILES string of the molecule is OC(c1cc(Cl)c2c(c1)OCCO2)c1cccs1. The Kier molecular flexibility index (Phi) is 3.16. The molecule has 1 atom stereocenters. The van der Waals surface area contributed by atoms with Crippen LogP contribution in [-0.4, -0.2) is 18.3 Å². The number of fused-ring (bicyclic) bond motifs is 1. The van der Waals surface area contributed by atoms with Crippen LogP contribution in [0.25, 0.3) is 0 Å². The number of benzene rings is 1. The quantitative estimate of drug-likeness (QED) is 0.919. The molecule has 5 heteroatoms. The van der Waals surface area contributed by atoms with Crippen LogP contribution in [-0.2, 0) is 0 Å². The molecule has 1 aromatic carbocycles. The van der Waals surface area contributed by atoms with Crippen molar-refractivity contribution in [3.05, 3.63) is 45.1 Å². The lowest BCUT2D eigenvalue weighted by molar-refractivity contribution is 0.170. The largest absolute Gasteiger partial charge is 0.486 e. The van der Waals surface area contributed by atoms with E-state index in [1.54, 1.807) is 12.1 Å². The first-order valence-electron chi connectivity index (χ1n) is 5.56. The summed E-state index contributed by atoms with van der Waals surface area (Å²) in [5, 5.41) is 12.7. The van der Waals surface area contributed by atoms with Gasteiger partial charge in [0, 0.05) is 4.88 Å². The van der Waals surface area contributed by atoms with Crippen molar-refractivity contribution in [1.29, 1.82) is 0 Å². The number of hydrogen-bond acceptors (Lipinski definition) is 4. The van der Waals surface area contributed by atoms with E-state index in [-0.39, 0.29) is 0 Å². The number of aliphatic hydroxyl groups is 1. The minimum atomic E-state index is -0.682. The summed E-state index contributed by atoms with van der Waals surface area (Å²) in [4.78, 5) is 0.878. The monoisotopic (exact) mass is 282 g/mol. The molecule has 1 N–H and O–H groups in total. The van der Waals surface area contributed by atoms with E-state index in [0.29, 0.717) is 35.3 Å². The summed E-state index contributed by atoms with van der Waals surface area (Å²) in [5.74, 6) is 1.16. The molecule has 0 spiro atoms. The molecule has 1 aromatic heterocycles. The molecule has 1 unspecified atom stereocenters. The highest BCUT2D eigenvalue weighted by Crippen LogP contribution is 2.41. The highest BCUT2D eigenvalue weighted by atomic mass is 35.5. The molecule has 3 rings (SSSR count). The number of halogens is 1. The zero-order valence-corrected chi connectivity index (χ0v) is 11.0. The van der Waals surface area contributed by atoms with E-state index in [0.717, 1.165) is 4.88 Å². The van der Waals surface area contributed by atoms with Gasteiger partial charge in [-0.25, -0.2) is 0 Å². The van der Waals surface area contributed by atoms with E-state index in [4.69, 9.17) is 21.1 Å². The average Bonchev–Trinajstić information content (AvgIpc) is 2.91. The van der Waals surface area contributed by atoms with E-state index in [1.165, 1.54) is 11.3 Å². The Hall–Kier alpha value is -1.23. The Balaban J connectivity index is 2.00. The van der Waals surface area contributed by atoms with Crippen molar-refractivity contribution < 1.29 is 14.6 Å². The smallest absolute Gasteiger partial charge is 0.179 e. The summed E-state index contributed by atoms with van der Waals surface area (Å²) >= 11 is 7.64. The van der Waals surface area contributed by atoms with Gasteiger partial charge in [0.05, 0.1) is 5.02 Å². The first kappa shape index (κ1) is 11.8. The van der Waals surface area contributed by atoms with Crippen LogP contribution in [0.3, 0.4) is 0 Å². The maximum absolute atomic E-state index is 10.3. The lowest BCUT2D eigenvalue weighted by Crippen LogP contribution is -2.16. The molecule has 2 heterocycles. The van der Waals surface area contributed by atoms with Gasteiger partial charge in [-0.15, -0.1) is 11.3 Å². The first-order chi connectivity index (χ1) is 8.75. The van der Waals surface area contributed by atoms with Crippen LogP contribution < -0.4 is 9.47 Å². The standard InChI is InChI=1S/C13H11ClO3S/c14-9-6-8(12(15)11-2-1-5-18-11)7-10-13(9)17-4-3-16-10/h1-2,5-7,12,15H,3-4H2. The summed E-state index contributed by atoms with van der Waals surface area (Å²) in [6, 6.07) is 7.30. The third kappa shape index (κ3) is 2.07. The van der Waals surface area contributed by atoms with E-state index in [1.807, 2.05) is 17.5 Å². The van der Waals surface area contributed by atoms with Crippen molar-refractivity contribution in [2.24, 2.45) is 0 Å². The highest BCUT2D eigenvalue weighted by molar-refractivity contribution is 7.10. The zero-order valence-electron chi connectivity index (χ0n) is 9.43. The van der Waals surface area contributed by atoms with Crippen LogP contribution in [0.4, 0.5) is 0 Å². The van der Waals surface area contributed by atoms with E-state index >= 15 is 0 Å². The fourth-order valence-corrected chi connectivity index (χ4v) is 2.91. The van der Waals surface area contributed by atoms with Crippen molar-refractivity contribution in [3.63, 3.8) is 0 Å². The Labute approximate surface area is 114 Å². The van der Waals surface area contributed by atoms with Gasteiger partial charge in [0.15, 0.2) is 11.5 Å². The summed E-state index contributed by atoms with van der Waals surface area (Å²) < 4.78 is 10.9. The van der Waals surface area contributed by atoms with Gasteiger partial charge in [-0.2, -0.15) is 0 Å². The van der Waals surface area contributed by atoms with Gasteiger partial charge >= 0.3 is 0 Å². The minimum Gasteiger partial charge on any atom is -0.486 e. The van der Waals surface area contributed by atoms with Crippen LogP contribution in [0.5, 0.6) is 11.5 Å². The zero-order chi connectivity index (χ0) is 12.5. The van der Waals surface area contributed by atoms with Gasteiger partial charge in [-0.1, -0.05) is 17.7 Å². The Morgan fingerprint density at radius 1 is 1.28 bits per heavy atom. The van der Waals surface area contributed by atoms with Crippen LogP contribution in [0.15, 0.2) is 29.6 Å². The number of aliphatic hydroxyl groups excluding tert-OH is 1. The topological polar surface area (TPSA) is 38.7 Å². The van der Waals surface area contributed by atoms with Crippen LogP contribution in [0.2, 0.25) is 5.02 Å². The van der Waals surface area contributed by atoms with E-state index < -0.39 is 6.10 Å². The van der Waals surface area contributed by atoms with Crippen LogP contribution >= 0.6 is 22.9 Å². The molecule has 0 bridgehead atoms. The van der Waals surface area contributed by atoms with Crippen molar-refractivity contribution >= 4 is 22.9 Å². The maximum Gasteiger partial charge on any atom is 0.179 e. The molecule has 0 aliphatic carbocycles. The molecule has 94 valence electrons. The van der Waals surface area contributed by atoms with Gasteiger partial charge in [0.1, 0.15) is 19.3 Å². The first-order valence-corrected chi connectivity index (χ1v) is 6.82. The third-order valence-corrected chi connectivity index (χ3v) is 3.95. The van der Waals surface area contributed by atoms with Crippen molar-refractivity contribution in [3.8, 4) is 11.5 Å². The summed E-state index contributed by atoms with van der Waals surface area (Å²) in [6.45, 7) is 1.00. The molecule has 1 aliphatic rings. The predicted molar refractivity (Wildman–Crippen MR) is 70.8 cm³/mol. The van der Waals surface area contributed by atoms with Crippen molar-refractivity contribution in [2.75, 3.05) is 13.2 Å². The van der Waals surface area contributed by atoms with Gasteiger partial charge in [-0.3, -0.25) is 0 Å². The molecule has 3 nitrogen and oxygen atoms in total. The fourth-order valence-electron chi connectivity index (χ4n) is 1.90. The average molecular weight is 283 g/mol. The number of rotatable bonds is 2. The molecule has 0 amide bonds. The Morgan fingerprint density at radius 3 is 2.89 bits per heavy atom. The summed E-state index contributed by atoms with van der Waals surface area (Å²) in [7, 11) is 0. The lowest BCUT2D eigenvalue weighted by Gasteiger charge is -2.21. The van der Waals surface area contributed by atoms with E-state index in [9.17, 15) is 5.11 Å². The van der Waals surface area contributed by atoms with E-state index in [2.05, 4.69) is 0 Å². The normalized spacial score (nSPS) is 15.4. The molecular weight excluding hydrogens is 272 g/mol. The summed E-state index contributed by atoms with van der Waals surface area (Å²) in [6.07, 6.45) is -0.682. The van der Waals surface area contributed by atoms with Gasteiger partial charge in [0.2, 0.25) is 0 Å². The summed E-state index contributed by atoms with van der Waals surface area (Å²) in [5.41, 5.74) is 0.715. The van der Waals surface area contributed by atoms with Crippen molar-refractivity contribution in [1.82, 2.24) is 0 Å². The number of thiophene rings is 1. The van der Waals surface area contributed by atoms with Gasteiger partial charge in [-0.05, 0) is 29.1 Å². The second-order valence-corrected chi connectivity index (χ2v) is 5.33. The van der Waals surface area contributed by atoms with Gasteiger partial charge in [0.25, 0.3) is 0 Å². The van der Waals surface area contributed by atoms with Gasteiger partial charge < -0.3 is 14.6 Å². The molecule has 18 heavy (non-hydrogen) atoms. The fraction of sp³-hybridized carbons (Fsp3) is 0.231. The second-order valence-electron chi connectivity index (χ2n) is 3.94. The van der Waals surface area contributed by atoms with Crippen LogP contribution in [0, 0.1) is 0 Å². The molecular formula is C13H11ClO3S. The minimum absolute atomic E-state index is 0.470. The third-order valence-electron chi connectivity index (χ3n) is 2.75. The maximum atomic E-state index is 10.3. The highest BCUT2D eigenvalue weighted by Gasteiger charge is 2.20. The Bertz CT molecular complexity index is 554. The molecule has 0 saturated carbocycles. The molecule has 0 saturated heterocycles. The molecule has 0 radical (unpaired) electrons. The van der Waals surface area contributed by atoms with Crippen molar-refractivity contribution in [2.45, 2.75) is 6.10 Å². The molecule has 0 fully saturated rings. The van der Waals surface area contributed by atoms with Crippen LogP contribution in [0.1, 0.15) is 16.5 Å². The second kappa shape index (κ2) is 4.80. The molecule has 2 aromatic rings. The predicted octanol–water partition coefficient (Wildman–Crippen LogP) is 3.25. The Morgan fingerprint density at radius 2 is 2.11 bits per heavy atom. The lowest BCUT2D eigenvalue weighted by atomic mass is 10.1.